The lowest BCUT2D eigenvalue weighted by molar-refractivity contribution is 0.102. The minimum atomic E-state index is -0.804. The quantitative estimate of drug-likeness (QED) is 0.557. The maximum atomic E-state index is 13.2. The monoisotopic (exact) mass is 360 g/mol. The van der Waals surface area contributed by atoms with Crippen molar-refractivity contribution in [2.45, 2.75) is 6.92 Å². The van der Waals surface area contributed by atoms with Crippen molar-refractivity contribution in [1.29, 1.82) is 0 Å². The maximum Gasteiger partial charge on any atom is 0.513 e. The third-order valence-corrected chi connectivity index (χ3v) is 4.08. The minimum Gasteiger partial charge on any atom is -0.434 e. The van der Waals surface area contributed by atoms with Gasteiger partial charge in [-0.05, 0) is 49.4 Å². The highest BCUT2D eigenvalue weighted by Gasteiger charge is 2.11. The number of hydrogen-bond acceptors (Lipinski definition) is 6. The standard InChI is InChI=1S/C17H13FN2O4S/c1-2-23-17(22)24-12-6-3-10(4-7-12)15(21)20-16-19-13-8-5-11(18)9-14(13)25-16/h3-9H,2H2,1H3,(H,19,20,21). The first kappa shape index (κ1) is 16.8. The molecule has 2 aromatic carbocycles. The molecule has 8 heteroatoms. The number of thiazole rings is 1. The van der Waals surface area contributed by atoms with Gasteiger partial charge in [0.05, 0.1) is 16.8 Å². The highest BCUT2D eigenvalue weighted by atomic mass is 32.1. The molecule has 0 spiro atoms. The molecule has 1 heterocycles. The number of rotatable bonds is 4. The van der Waals surface area contributed by atoms with Crippen LogP contribution < -0.4 is 10.1 Å². The van der Waals surface area contributed by atoms with Gasteiger partial charge in [-0.25, -0.2) is 14.2 Å². The van der Waals surface area contributed by atoms with Crippen molar-refractivity contribution in [1.82, 2.24) is 4.98 Å². The van der Waals surface area contributed by atoms with Crippen LogP contribution in [0, 0.1) is 5.82 Å². The number of aromatic nitrogens is 1. The van der Waals surface area contributed by atoms with Crippen LogP contribution in [0.4, 0.5) is 14.3 Å². The van der Waals surface area contributed by atoms with Crippen LogP contribution in [-0.2, 0) is 4.74 Å². The molecule has 1 aromatic heterocycles. The normalized spacial score (nSPS) is 10.5. The van der Waals surface area contributed by atoms with E-state index in [0.717, 1.165) is 0 Å². The summed E-state index contributed by atoms with van der Waals surface area (Å²) in [5.74, 6) is -0.459. The van der Waals surface area contributed by atoms with Crippen LogP contribution in [0.2, 0.25) is 0 Å². The van der Waals surface area contributed by atoms with Crippen LogP contribution in [0.5, 0.6) is 5.75 Å². The summed E-state index contributed by atoms with van der Waals surface area (Å²) in [6, 6.07) is 10.2. The number of nitrogens with zero attached hydrogens (tertiary/aromatic N) is 1. The van der Waals surface area contributed by atoms with E-state index >= 15 is 0 Å². The molecular weight excluding hydrogens is 347 g/mol. The zero-order valence-electron chi connectivity index (χ0n) is 13.1. The summed E-state index contributed by atoms with van der Waals surface area (Å²) in [4.78, 5) is 27.7. The first-order valence-corrected chi connectivity index (χ1v) is 8.19. The fourth-order valence-electron chi connectivity index (χ4n) is 2.04. The number of hydrogen-bond donors (Lipinski definition) is 1. The number of fused-ring (bicyclic) bond motifs is 1. The van der Waals surface area contributed by atoms with Gasteiger partial charge in [-0.3, -0.25) is 10.1 Å². The third-order valence-electron chi connectivity index (χ3n) is 3.15. The Hall–Kier alpha value is -3.00. The number of benzene rings is 2. The predicted molar refractivity (Wildman–Crippen MR) is 91.6 cm³/mol. The summed E-state index contributed by atoms with van der Waals surface area (Å²) in [6.07, 6.45) is -0.804. The van der Waals surface area contributed by atoms with Crippen molar-refractivity contribution in [3.63, 3.8) is 0 Å². The lowest BCUT2D eigenvalue weighted by atomic mass is 10.2. The summed E-state index contributed by atoms with van der Waals surface area (Å²) < 4.78 is 23.4. The number of amides is 1. The smallest absolute Gasteiger partial charge is 0.434 e. The van der Waals surface area contributed by atoms with E-state index in [9.17, 15) is 14.0 Å². The Labute approximate surface area is 146 Å². The average molecular weight is 360 g/mol. The molecule has 0 radical (unpaired) electrons. The van der Waals surface area contributed by atoms with Crippen molar-refractivity contribution in [2.24, 2.45) is 0 Å². The maximum absolute atomic E-state index is 13.2. The lowest BCUT2D eigenvalue weighted by Gasteiger charge is -2.05. The zero-order chi connectivity index (χ0) is 17.8. The summed E-state index contributed by atoms with van der Waals surface area (Å²) in [6.45, 7) is 1.89. The lowest BCUT2D eigenvalue weighted by Crippen LogP contribution is -2.12. The fraction of sp³-hybridized carbons (Fsp3) is 0.118. The molecule has 0 atom stereocenters. The SMILES string of the molecule is CCOC(=O)Oc1ccc(C(=O)Nc2nc3ccc(F)cc3s2)cc1. The van der Waals surface area contributed by atoms with Crippen molar-refractivity contribution < 1.29 is 23.5 Å². The number of ether oxygens (including phenoxy) is 2. The molecule has 0 saturated heterocycles. The average Bonchev–Trinajstić information content (AvgIpc) is 2.97. The van der Waals surface area contributed by atoms with E-state index in [4.69, 9.17) is 4.74 Å². The Morgan fingerprint density at radius 2 is 1.96 bits per heavy atom. The van der Waals surface area contributed by atoms with Gasteiger partial charge in [0.25, 0.3) is 5.91 Å². The van der Waals surface area contributed by atoms with Crippen molar-refractivity contribution in [3.05, 3.63) is 53.8 Å². The summed E-state index contributed by atoms with van der Waals surface area (Å²) in [5.41, 5.74) is 0.974. The number of anilines is 1. The molecule has 3 rings (SSSR count). The largest absolute Gasteiger partial charge is 0.513 e. The van der Waals surface area contributed by atoms with Crippen LogP contribution in [0.3, 0.4) is 0 Å². The topological polar surface area (TPSA) is 77.5 Å². The van der Waals surface area contributed by atoms with Gasteiger partial charge >= 0.3 is 6.16 Å². The van der Waals surface area contributed by atoms with Crippen LogP contribution >= 0.6 is 11.3 Å². The van der Waals surface area contributed by atoms with E-state index in [2.05, 4.69) is 15.0 Å². The Balaban J connectivity index is 1.68. The van der Waals surface area contributed by atoms with Gasteiger partial charge in [-0.15, -0.1) is 0 Å². The number of nitrogens with one attached hydrogen (secondary N) is 1. The van der Waals surface area contributed by atoms with Crippen molar-refractivity contribution in [2.75, 3.05) is 11.9 Å². The molecule has 128 valence electrons. The molecule has 0 aliphatic carbocycles. The zero-order valence-corrected chi connectivity index (χ0v) is 13.9. The van der Waals surface area contributed by atoms with Gasteiger partial charge < -0.3 is 9.47 Å². The Kier molecular flexibility index (Phi) is 4.90. The molecule has 0 fully saturated rings. The van der Waals surface area contributed by atoms with Crippen LogP contribution in [0.15, 0.2) is 42.5 Å². The molecule has 0 aliphatic heterocycles. The van der Waals surface area contributed by atoms with Crippen LogP contribution in [-0.4, -0.2) is 23.7 Å². The third kappa shape index (κ3) is 4.10. The van der Waals surface area contributed by atoms with Gasteiger partial charge in [-0.1, -0.05) is 11.3 Å². The number of halogens is 1. The summed E-state index contributed by atoms with van der Waals surface area (Å²) in [5, 5.41) is 3.03. The van der Waals surface area contributed by atoms with Crippen molar-refractivity contribution >= 4 is 38.7 Å². The van der Waals surface area contributed by atoms with Gasteiger partial charge in [0, 0.05) is 5.56 Å². The van der Waals surface area contributed by atoms with E-state index < -0.39 is 6.16 Å². The molecule has 0 unspecified atom stereocenters. The van der Waals surface area contributed by atoms with Gasteiger partial charge in [0.1, 0.15) is 11.6 Å². The molecule has 3 aromatic rings. The molecule has 1 amide bonds. The Morgan fingerprint density at radius 3 is 2.68 bits per heavy atom. The highest BCUT2D eigenvalue weighted by Crippen LogP contribution is 2.27. The van der Waals surface area contributed by atoms with Gasteiger partial charge in [0.15, 0.2) is 5.13 Å². The second-order valence-corrected chi connectivity index (χ2v) is 5.93. The first-order chi connectivity index (χ1) is 12.0. The number of carbonyl (C=O) groups is 2. The Bertz CT molecular complexity index is 924. The molecule has 1 N–H and O–H groups in total. The second kappa shape index (κ2) is 7.27. The van der Waals surface area contributed by atoms with E-state index in [1.165, 1.54) is 47.7 Å². The second-order valence-electron chi connectivity index (χ2n) is 4.89. The first-order valence-electron chi connectivity index (χ1n) is 7.37. The minimum absolute atomic E-state index is 0.214. The molecule has 0 saturated carbocycles. The molecule has 0 aliphatic rings. The summed E-state index contributed by atoms with van der Waals surface area (Å²) >= 11 is 1.18. The molecule has 25 heavy (non-hydrogen) atoms. The van der Waals surface area contributed by atoms with Gasteiger partial charge in [0.2, 0.25) is 0 Å². The van der Waals surface area contributed by atoms with Crippen molar-refractivity contribution in [3.8, 4) is 5.75 Å². The highest BCUT2D eigenvalue weighted by molar-refractivity contribution is 7.22. The van der Waals surface area contributed by atoms with Crippen LogP contribution in [0.25, 0.3) is 10.2 Å². The van der Waals surface area contributed by atoms with E-state index in [1.54, 1.807) is 13.0 Å². The summed E-state index contributed by atoms with van der Waals surface area (Å²) in [7, 11) is 0. The van der Waals surface area contributed by atoms with E-state index in [-0.39, 0.29) is 24.1 Å². The number of carbonyl (C=O) groups excluding carboxylic acids is 2. The molecule has 6 nitrogen and oxygen atoms in total. The fourth-order valence-corrected chi connectivity index (χ4v) is 2.92. The van der Waals surface area contributed by atoms with Crippen LogP contribution in [0.1, 0.15) is 17.3 Å². The molecular formula is C17H13FN2O4S. The predicted octanol–water partition coefficient (Wildman–Crippen LogP) is 4.22. The van der Waals surface area contributed by atoms with Gasteiger partial charge in [-0.2, -0.15) is 0 Å². The Morgan fingerprint density at radius 1 is 1.20 bits per heavy atom. The molecule has 0 bridgehead atoms. The van der Waals surface area contributed by atoms with E-state index in [1.807, 2.05) is 0 Å². The van der Waals surface area contributed by atoms with E-state index in [0.29, 0.717) is 20.9 Å².